The van der Waals surface area contributed by atoms with Gasteiger partial charge in [-0.2, -0.15) is 4.31 Å². The summed E-state index contributed by atoms with van der Waals surface area (Å²) in [6, 6.07) is 11.2. The molecule has 0 spiro atoms. The lowest BCUT2D eigenvalue weighted by Gasteiger charge is -2.27. The van der Waals surface area contributed by atoms with Crippen LogP contribution in [0.4, 0.5) is 11.4 Å². The van der Waals surface area contributed by atoms with E-state index in [1.54, 1.807) is 36.4 Å². The maximum atomic E-state index is 13.3. The van der Waals surface area contributed by atoms with Crippen LogP contribution >= 0.6 is 0 Å². The molecule has 0 bridgehead atoms. The first-order valence-corrected chi connectivity index (χ1v) is 12.7. The molecule has 2 aliphatic rings. The van der Waals surface area contributed by atoms with Gasteiger partial charge in [-0.05, 0) is 68.1 Å². The number of piperidine rings is 1. The molecule has 2 aromatic rings. The van der Waals surface area contributed by atoms with Gasteiger partial charge in [0.2, 0.25) is 10.0 Å². The van der Waals surface area contributed by atoms with Crippen LogP contribution in [-0.2, 0) is 14.8 Å². The minimum atomic E-state index is -3.67. The Kier molecular flexibility index (Phi) is 6.99. The smallest absolute Gasteiger partial charge is 0.337 e. The third kappa shape index (κ3) is 5.04. The first-order chi connectivity index (χ1) is 15.9. The Morgan fingerprint density at radius 2 is 1.52 bits per heavy atom. The molecule has 2 fully saturated rings. The number of hydrogen-bond donors (Lipinski definition) is 1. The Morgan fingerprint density at radius 3 is 2.15 bits per heavy atom. The molecule has 2 aromatic carbocycles. The molecule has 0 unspecified atom stereocenters. The molecule has 9 heteroatoms. The number of carbonyl (C=O) groups is 2. The van der Waals surface area contributed by atoms with Crippen molar-refractivity contribution in [2.24, 2.45) is 0 Å². The van der Waals surface area contributed by atoms with Crippen molar-refractivity contribution in [3.8, 4) is 0 Å². The first-order valence-electron chi connectivity index (χ1n) is 11.3. The second-order valence-electron chi connectivity index (χ2n) is 8.36. The summed E-state index contributed by atoms with van der Waals surface area (Å²) in [5, 5.41) is 2.84. The zero-order valence-electron chi connectivity index (χ0n) is 18.7. The molecule has 4 rings (SSSR count). The number of methoxy groups -OCH3 is 1. The largest absolute Gasteiger partial charge is 0.465 e. The normalized spacial score (nSPS) is 17.1. The lowest BCUT2D eigenvalue weighted by Crippen LogP contribution is -2.35. The fraction of sp³-hybridized carbons (Fsp3) is 0.417. The molecular weight excluding hydrogens is 442 g/mol. The van der Waals surface area contributed by atoms with E-state index < -0.39 is 21.9 Å². The summed E-state index contributed by atoms with van der Waals surface area (Å²) in [6.45, 7) is 2.66. The fourth-order valence-corrected chi connectivity index (χ4v) is 5.90. The van der Waals surface area contributed by atoms with Gasteiger partial charge in [-0.1, -0.05) is 6.42 Å². The van der Waals surface area contributed by atoms with Gasteiger partial charge < -0.3 is 15.0 Å². The summed E-state index contributed by atoms with van der Waals surface area (Å²) in [4.78, 5) is 27.2. The van der Waals surface area contributed by atoms with Gasteiger partial charge >= 0.3 is 5.97 Å². The molecule has 176 valence electrons. The van der Waals surface area contributed by atoms with Crippen molar-refractivity contribution < 1.29 is 22.7 Å². The van der Waals surface area contributed by atoms with E-state index in [0.29, 0.717) is 29.9 Å². The summed E-state index contributed by atoms with van der Waals surface area (Å²) in [5.41, 5.74) is 1.94. The van der Waals surface area contributed by atoms with Crippen molar-refractivity contribution in [1.29, 1.82) is 0 Å². The van der Waals surface area contributed by atoms with Crippen molar-refractivity contribution in [1.82, 2.24) is 4.31 Å². The number of nitrogens with one attached hydrogen (secondary N) is 1. The highest BCUT2D eigenvalue weighted by atomic mass is 32.2. The fourth-order valence-electron chi connectivity index (χ4n) is 4.35. The Labute approximate surface area is 194 Å². The zero-order chi connectivity index (χ0) is 23.4. The third-order valence-electron chi connectivity index (χ3n) is 6.18. The minimum absolute atomic E-state index is 0.138. The predicted molar refractivity (Wildman–Crippen MR) is 126 cm³/mol. The van der Waals surface area contributed by atoms with Gasteiger partial charge in [0.1, 0.15) is 0 Å². The number of esters is 1. The van der Waals surface area contributed by atoms with Crippen molar-refractivity contribution in [3.63, 3.8) is 0 Å². The van der Waals surface area contributed by atoms with Gasteiger partial charge in [0.15, 0.2) is 0 Å². The van der Waals surface area contributed by atoms with E-state index in [2.05, 4.69) is 10.2 Å². The third-order valence-corrected chi connectivity index (χ3v) is 8.07. The van der Waals surface area contributed by atoms with Crippen molar-refractivity contribution in [2.75, 3.05) is 43.5 Å². The molecule has 33 heavy (non-hydrogen) atoms. The number of sulfonamides is 1. The maximum Gasteiger partial charge on any atom is 0.337 e. The summed E-state index contributed by atoms with van der Waals surface area (Å²) in [6.07, 6.45) is 4.79. The Balaban J connectivity index is 1.64. The second kappa shape index (κ2) is 9.93. The van der Waals surface area contributed by atoms with Crippen molar-refractivity contribution in [2.45, 2.75) is 37.0 Å². The Bertz CT molecular complexity index is 1120. The van der Waals surface area contributed by atoms with Crippen LogP contribution in [0.3, 0.4) is 0 Å². The SMILES string of the molecule is COC(=O)c1ccc(NC(=O)c2cc(S(=O)(=O)N3CCCCC3)ccc2N2CCCC2)cc1. The molecule has 0 aliphatic carbocycles. The van der Waals surface area contributed by atoms with Crippen LogP contribution in [0.2, 0.25) is 0 Å². The minimum Gasteiger partial charge on any atom is -0.465 e. The van der Waals surface area contributed by atoms with Crippen LogP contribution in [0.1, 0.15) is 52.8 Å². The molecule has 0 aromatic heterocycles. The Morgan fingerprint density at radius 1 is 0.879 bits per heavy atom. The quantitative estimate of drug-likeness (QED) is 0.648. The van der Waals surface area contributed by atoms with E-state index in [1.165, 1.54) is 17.5 Å². The lowest BCUT2D eigenvalue weighted by atomic mass is 10.1. The number of ether oxygens (including phenoxy) is 1. The standard InChI is InChI=1S/C24H29N3O5S/c1-32-24(29)18-7-9-19(10-8-18)25-23(28)21-17-20(11-12-22(21)26-13-5-6-14-26)33(30,31)27-15-3-2-4-16-27/h7-12,17H,2-6,13-16H2,1H3,(H,25,28). The van der Waals surface area contributed by atoms with Gasteiger partial charge in [0.25, 0.3) is 5.91 Å². The van der Waals surface area contributed by atoms with E-state index in [-0.39, 0.29) is 4.90 Å². The topological polar surface area (TPSA) is 96.0 Å². The van der Waals surface area contributed by atoms with Gasteiger partial charge in [-0.3, -0.25) is 4.79 Å². The molecule has 2 heterocycles. The lowest BCUT2D eigenvalue weighted by molar-refractivity contribution is 0.0600. The zero-order valence-corrected chi connectivity index (χ0v) is 19.6. The molecule has 2 aliphatic heterocycles. The van der Waals surface area contributed by atoms with E-state index >= 15 is 0 Å². The number of carbonyl (C=O) groups excluding carboxylic acids is 2. The van der Waals surface area contributed by atoms with Crippen molar-refractivity contribution >= 4 is 33.3 Å². The van der Waals surface area contributed by atoms with Crippen molar-refractivity contribution in [3.05, 3.63) is 53.6 Å². The Hall–Kier alpha value is -2.91. The van der Waals surface area contributed by atoms with Gasteiger partial charge in [0, 0.05) is 37.6 Å². The number of benzene rings is 2. The first kappa shape index (κ1) is 23.3. The van der Waals surface area contributed by atoms with E-state index in [9.17, 15) is 18.0 Å². The van der Waals surface area contributed by atoms with Gasteiger partial charge in [-0.25, -0.2) is 13.2 Å². The maximum absolute atomic E-state index is 13.3. The molecule has 1 N–H and O–H groups in total. The molecule has 2 saturated heterocycles. The van der Waals surface area contributed by atoms with E-state index in [4.69, 9.17) is 4.74 Å². The molecule has 0 saturated carbocycles. The van der Waals surface area contributed by atoms with Crippen LogP contribution in [0.25, 0.3) is 0 Å². The molecule has 0 atom stereocenters. The number of amides is 1. The van der Waals surface area contributed by atoms with Crippen LogP contribution in [-0.4, -0.2) is 57.9 Å². The number of hydrogen-bond acceptors (Lipinski definition) is 6. The van der Waals surface area contributed by atoms with Gasteiger partial charge in [0.05, 0.1) is 23.1 Å². The summed E-state index contributed by atoms with van der Waals surface area (Å²) >= 11 is 0. The van der Waals surface area contributed by atoms with Gasteiger partial charge in [-0.15, -0.1) is 0 Å². The van der Waals surface area contributed by atoms with Crippen LogP contribution in [0.5, 0.6) is 0 Å². The van der Waals surface area contributed by atoms with E-state index in [1.807, 2.05) is 0 Å². The summed E-state index contributed by atoms with van der Waals surface area (Å²) in [5.74, 6) is -0.849. The molecule has 1 amide bonds. The monoisotopic (exact) mass is 471 g/mol. The number of rotatable bonds is 6. The summed E-state index contributed by atoms with van der Waals surface area (Å²) < 4.78 is 32.6. The second-order valence-corrected chi connectivity index (χ2v) is 10.3. The number of nitrogens with zero attached hydrogens (tertiary/aromatic N) is 2. The average Bonchev–Trinajstić information content (AvgIpc) is 3.39. The summed E-state index contributed by atoms with van der Waals surface area (Å²) in [7, 11) is -2.36. The van der Waals surface area contributed by atoms with Crippen LogP contribution in [0, 0.1) is 0 Å². The predicted octanol–water partition coefficient (Wildman–Crippen LogP) is 3.50. The highest BCUT2D eigenvalue weighted by Gasteiger charge is 2.28. The highest BCUT2D eigenvalue weighted by Crippen LogP contribution is 2.30. The van der Waals surface area contributed by atoms with Crippen LogP contribution < -0.4 is 10.2 Å². The van der Waals surface area contributed by atoms with E-state index in [0.717, 1.165) is 50.9 Å². The average molecular weight is 472 g/mol. The van der Waals surface area contributed by atoms with Crippen LogP contribution in [0.15, 0.2) is 47.4 Å². The highest BCUT2D eigenvalue weighted by molar-refractivity contribution is 7.89. The molecular formula is C24H29N3O5S. The molecule has 0 radical (unpaired) electrons. The number of anilines is 2. The molecule has 8 nitrogen and oxygen atoms in total.